The van der Waals surface area contributed by atoms with Crippen molar-refractivity contribution in [2.75, 3.05) is 13.1 Å². The standard InChI is InChI=1S/C12H20N2/c1-9-10(2)12(6-8-14)4-3-11(9)5-7-13/h3-4H,5-8,13-14H2,1-2H3. The second kappa shape index (κ2) is 5.13. The van der Waals surface area contributed by atoms with Crippen molar-refractivity contribution in [1.29, 1.82) is 0 Å². The molecule has 0 aromatic heterocycles. The third-order valence-corrected chi connectivity index (χ3v) is 2.84. The van der Waals surface area contributed by atoms with E-state index in [2.05, 4.69) is 26.0 Å². The second-order valence-electron chi connectivity index (χ2n) is 3.71. The molecule has 2 nitrogen and oxygen atoms in total. The average Bonchev–Trinajstić information content (AvgIpc) is 2.18. The summed E-state index contributed by atoms with van der Waals surface area (Å²) in [5.41, 5.74) is 16.6. The summed E-state index contributed by atoms with van der Waals surface area (Å²) >= 11 is 0. The van der Waals surface area contributed by atoms with Gasteiger partial charge in [0.25, 0.3) is 0 Å². The highest BCUT2D eigenvalue weighted by Crippen LogP contribution is 2.18. The van der Waals surface area contributed by atoms with Crippen LogP contribution in [0.5, 0.6) is 0 Å². The Morgan fingerprint density at radius 1 is 0.857 bits per heavy atom. The van der Waals surface area contributed by atoms with Crippen LogP contribution >= 0.6 is 0 Å². The third-order valence-electron chi connectivity index (χ3n) is 2.84. The van der Waals surface area contributed by atoms with Gasteiger partial charge in [-0.25, -0.2) is 0 Å². The SMILES string of the molecule is Cc1c(CCN)ccc(CCN)c1C. The smallest absolute Gasteiger partial charge is 0.00366 e. The Balaban J connectivity index is 2.99. The van der Waals surface area contributed by atoms with Crippen LogP contribution in [0.1, 0.15) is 22.3 Å². The van der Waals surface area contributed by atoms with Crippen molar-refractivity contribution in [1.82, 2.24) is 0 Å². The molecule has 0 radical (unpaired) electrons. The van der Waals surface area contributed by atoms with Crippen molar-refractivity contribution in [3.63, 3.8) is 0 Å². The summed E-state index contributed by atoms with van der Waals surface area (Å²) in [6.07, 6.45) is 1.94. The van der Waals surface area contributed by atoms with Crippen LogP contribution in [0.15, 0.2) is 12.1 Å². The van der Waals surface area contributed by atoms with E-state index in [1.807, 2.05) is 0 Å². The van der Waals surface area contributed by atoms with Gasteiger partial charge in [-0.15, -0.1) is 0 Å². The van der Waals surface area contributed by atoms with Crippen LogP contribution in [-0.2, 0) is 12.8 Å². The Bertz CT molecular complexity index is 274. The summed E-state index contributed by atoms with van der Waals surface area (Å²) in [7, 11) is 0. The van der Waals surface area contributed by atoms with E-state index in [0.717, 1.165) is 25.9 Å². The zero-order valence-electron chi connectivity index (χ0n) is 9.14. The fraction of sp³-hybridized carbons (Fsp3) is 0.500. The molecule has 0 aliphatic carbocycles. The minimum Gasteiger partial charge on any atom is -0.330 e. The third kappa shape index (κ3) is 2.34. The van der Waals surface area contributed by atoms with E-state index in [9.17, 15) is 0 Å². The first-order valence-electron chi connectivity index (χ1n) is 5.18. The summed E-state index contributed by atoms with van der Waals surface area (Å²) in [6.45, 7) is 5.77. The van der Waals surface area contributed by atoms with Crippen LogP contribution in [0.25, 0.3) is 0 Å². The fourth-order valence-electron chi connectivity index (χ4n) is 1.79. The fourth-order valence-corrected chi connectivity index (χ4v) is 1.79. The minimum absolute atomic E-state index is 0.719. The monoisotopic (exact) mass is 192 g/mol. The van der Waals surface area contributed by atoms with Crippen LogP contribution in [0.3, 0.4) is 0 Å². The van der Waals surface area contributed by atoms with Crippen molar-refractivity contribution in [2.24, 2.45) is 11.5 Å². The van der Waals surface area contributed by atoms with Crippen molar-refractivity contribution in [3.8, 4) is 0 Å². The van der Waals surface area contributed by atoms with E-state index < -0.39 is 0 Å². The second-order valence-corrected chi connectivity index (χ2v) is 3.71. The molecule has 1 rings (SSSR count). The van der Waals surface area contributed by atoms with E-state index in [1.54, 1.807) is 0 Å². The number of nitrogens with two attached hydrogens (primary N) is 2. The molecule has 0 atom stereocenters. The van der Waals surface area contributed by atoms with Crippen molar-refractivity contribution >= 4 is 0 Å². The molecule has 2 heteroatoms. The predicted molar refractivity (Wildman–Crippen MR) is 61.4 cm³/mol. The van der Waals surface area contributed by atoms with E-state index in [-0.39, 0.29) is 0 Å². The van der Waals surface area contributed by atoms with Gasteiger partial charge in [0, 0.05) is 0 Å². The van der Waals surface area contributed by atoms with Gasteiger partial charge in [-0.2, -0.15) is 0 Å². The van der Waals surface area contributed by atoms with Crippen molar-refractivity contribution in [2.45, 2.75) is 26.7 Å². The lowest BCUT2D eigenvalue weighted by Crippen LogP contribution is -2.08. The average molecular weight is 192 g/mol. The molecule has 0 saturated heterocycles. The van der Waals surface area contributed by atoms with Gasteiger partial charge in [-0.05, 0) is 62.0 Å². The van der Waals surface area contributed by atoms with E-state index >= 15 is 0 Å². The molecule has 0 aliphatic heterocycles. The molecule has 78 valence electrons. The van der Waals surface area contributed by atoms with Gasteiger partial charge in [0.15, 0.2) is 0 Å². The topological polar surface area (TPSA) is 52.0 Å². The lowest BCUT2D eigenvalue weighted by atomic mass is 9.95. The zero-order chi connectivity index (χ0) is 10.6. The Hall–Kier alpha value is -0.860. The Kier molecular flexibility index (Phi) is 4.11. The summed E-state index contributed by atoms with van der Waals surface area (Å²) in [5.74, 6) is 0. The van der Waals surface area contributed by atoms with Crippen LogP contribution in [0.2, 0.25) is 0 Å². The lowest BCUT2D eigenvalue weighted by Gasteiger charge is -2.12. The molecule has 0 saturated carbocycles. The maximum Gasteiger partial charge on any atom is -0.00366 e. The molecule has 1 aromatic rings. The first-order chi connectivity index (χ1) is 6.70. The van der Waals surface area contributed by atoms with Crippen molar-refractivity contribution < 1.29 is 0 Å². The van der Waals surface area contributed by atoms with Crippen LogP contribution in [-0.4, -0.2) is 13.1 Å². The molecule has 0 spiro atoms. The van der Waals surface area contributed by atoms with Crippen LogP contribution in [0, 0.1) is 13.8 Å². The Morgan fingerprint density at radius 2 is 1.21 bits per heavy atom. The predicted octanol–water partition coefficient (Wildman–Crippen LogP) is 1.31. The molecule has 0 amide bonds. The molecule has 0 unspecified atom stereocenters. The zero-order valence-corrected chi connectivity index (χ0v) is 9.14. The van der Waals surface area contributed by atoms with E-state index in [4.69, 9.17) is 11.5 Å². The molecule has 0 bridgehead atoms. The highest BCUT2D eigenvalue weighted by Gasteiger charge is 2.04. The molecule has 4 N–H and O–H groups in total. The van der Waals surface area contributed by atoms with Gasteiger partial charge in [-0.3, -0.25) is 0 Å². The molecule has 14 heavy (non-hydrogen) atoms. The lowest BCUT2D eigenvalue weighted by molar-refractivity contribution is 0.926. The molecule has 0 fully saturated rings. The van der Waals surface area contributed by atoms with Gasteiger partial charge in [0.1, 0.15) is 0 Å². The molecular weight excluding hydrogens is 172 g/mol. The Labute approximate surface area is 86.3 Å². The van der Waals surface area contributed by atoms with Crippen LogP contribution in [0.4, 0.5) is 0 Å². The first-order valence-corrected chi connectivity index (χ1v) is 5.18. The molecular formula is C12H20N2. The number of benzene rings is 1. The maximum atomic E-state index is 5.56. The molecule has 1 aromatic carbocycles. The van der Waals surface area contributed by atoms with Gasteiger partial charge < -0.3 is 11.5 Å². The minimum atomic E-state index is 0.719. The summed E-state index contributed by atoms with van der Waals surface area (Å²) in [6, 6.07) is 4.36. The highest BCUT2D eigenvalue weighted by molar-refractivity contribution is 5.39. The summed E-state index contributed by atoms with van der Waals surface area (Å²) < 4.78 is 0. The molecule has 0 aliphatic rings. The highest BCUT2D eigenvalue weighted by atomic mass is 14.5. The van der Waals surface area contributed by atoms with Gasteiger partial charge in [0.05, 0.1) is 0 Å². The van der Waals surface area contributed by atoms with E-state index in [0.29, 0.717) is 0 Å². The quantitative estimate of drug-likeness (QED) is 0.755. The normalized spacial score (nSPS) is 10.6. The van der Waals surface area contributed by atoms with E-state index in [1.165, 1.54) is 22.3 Å². The number of hydrogen-bond donors (Lipinski definition) is 2. The molecule has 0 heterocycles. The first kappa shape index (κ1) is 11.2. The summed E-state index contributed by atoms with van der Waals surface area (Å²) in [5, 5.41) is 0. The van der Waals surface area contributed by atoms with Gasteiger partial charge >= 0.3 is 0 Å². The number of hydrogen-bond acceptors (Lipinski definition) is 2. The van der Waals surface area contributed by atoms with Crippen LogP contribution < -0.4 is 11.5 Å². The van der Waals surface area contributed by atoms with Gasteiger partial charge in [-0.1, -0.05) is 12.1 Å². The summed E-state index contributed by atoms with van der Waals surface area (Å²) in [4.78, 5) is 0. The Morgan fingerprint density at radius 3 is 1.50 bits per heavy atom. The van der Waals surface area contributed by atoms with Gasteiger partial charge in [0.2, 0.25) is 0 Å². The van der Waals surface area contributed by atoms with Crippen molar-refractivity contribution in [3.05, 3.63) is 34.4 Å². The maximum absolute atomic E-state index is 5.56. The largest absolute Gasteiger partial charge is 0.330 e. The number of rotatable bonds is 4.